The van der Waals surface area contributed by atoms with Gasteiger partial charge in [-0.05, 0) is 39.3 Å². The number of nitrogens with one attached hydrogen (secondary N) is 1. The quantitative estimate of drug-likeness (QED) is 0.848. The van der Waals surface area contributed by atoms with Crippen LogP contribution in [-0.4, -0.2) is 30.4 Å². The van der Waals surface area contributed by atoms with Crippen LogP contribution in [0.5, 0.6) is 5.88 Å². The van der Waals surface area contributed by atoms with E-state index in [1.165, 1.54) is 5.56 Å². The van der Waals surface area contributed by atoms with Crippen LogP contribution in [0.15, 0.2) is 42.5 Å². The summed E-state index contributed by atoms with van der Waals surface area (Å²) < 4.78 is 17.7. The fourth-order valence-corrected chi connectivity index (χ4v) is 2.65. The van der Waals surface area contributed by atoms with Crippen LogP contribution in [0.2, 0.25) is 0 Å². The highest BCUT2D eigenvalue weighted by Gasteiger charge is 2.52. The zero-order chi connectivity index (χ0) is 18.1. The first-order valence-corrected chi connectivity index (χ1v) is 8.51. The first-order chi connectivity index (χ1) is 11.8. The van der Waals surface area contributed by atoms with Gasteiger partial charge < -0.3 is 19.4 Å². The lowest BCUT2D eigenvalue weighted by molar-refractivity contribution is 0.00578. The van der Waals surface area contributed by atoms with Gasteiger partial charge in [-0.1, -0.05) is 36.4 Å². The van der Waals surface area contributed by atoms with E-state index in [9.17, 15) is 0 Å². The zero-order valence-electron chi connectivity index (χ0n) is 15.5. The van der Waals surface area contributed by atoms with Crippen LogP contribution >= 0.6 is 0 Å². The third-order valence-corrected chi connectivity index (χ3v) is 4.91. The van der Waals surface area contributed by atoms with Crippen LogP contribution in [0.1, 0.15) is 33.3 Å². The number of hydrogen-bond acceptors (Lipinski definition) is 5. The topological polar surface area (TPSA) is 52.6 Å². The van der Waals surface area contributed by atoms with Crippen LogP contribution in [0, 0.1) is 0 Å². The summed E-state index contributed by atoms with van der Waals surface area (Å²) >= 11 is 0. The molecule has 1 aliphatic rings. The van der Waals surface area contributed by atoms with Crippen molar-refractivity contribution in [3.63, 3.8) is 0 Å². The minimum absolute atomic E-state index is 0.396. The molecule has 0 saturated carbocycles. The predicted octanol–water partition coefficient (Wildman–Crippen LogP) is 3.00. The molecule has 0 radical (unpaired) electrons. The summed E-state index contributed by atoms with van der Waals surface area (Å²) in [7, 11) is 1.12. The first kappa shape index (κ1) is 17.8. The van der Waals surface area contributed by atoms with Crippen molar-refractivity contribution in [1.29, 1.82) is 0 Å². The first-order valence-electron chi connectivity index (χ1n) is 8.51. The summed E-state index contributed by atoms with van der Waals surface area (Å²) in [5, 5.41) is 3.31. The van der Waals surface area contributed by atoms with E-state index in [4.69, 9.17) is 14.0 Å². The van der Waals surface area contributed by atoms with E-state index in [0.717, 1.165) is 11.3 Å². The Bertz CT molecular complexity index is 719. The van der Waals surface area contributed by atoms with Crippen LogP contribution in [0.25, 0.3) is 0 Å². The summed E-state index contributed by atoms with van der Waals surface area (Å²) in [6.07, 6.45) is 0. The van der Waals surface area contributed by atoms with E-state index < -0.39 is 18.3 Å². The Morgan fingerprint density at radius 2 is 1.64 bits per heavy atom. The van der Waals surface area contributed by atoms with Crippen LogP contribution in [0.3, 0.4) is 0 Å². The number of nitrogens with zero attached hydrogens (tertiary/aromatic N) is 1. The number of rotatable bonds is 5. The molecule has 0 spiro atoms. The number of ether oxygens (including phenoxy) is 1. The minimum Gasteiger partial charge on any atom is -0.481 e. The highest BCUT2D eigenvalue weighted by atomic mass is 16.7. The molecule has 1 N–H and O–H groups in total. The maximum Gasteiger partial charge on any atom is 0.500 e. The van der Waals surface area contributed by atoms with Crippen molar-refractivity contribution in [2.24, 2.45) is 0 Å². The van der Waals surface area contributed by atoms with E-state index >= 15 is 0 Å². The van der Waals surface area contributed by atoms with Crippen molar-refractivity contribution in [2.75, 3.05) is 12.4 Å². The van der Waals surface area contributed by atoms with Gasteiger partial charge in [-0.25, -0.2) is 0 Å². The fraction of sp³-hybridized carbons (Fsp3) is 0.421. The number of pyridine rings is 1. The van der Waals surface area contributed by atoms with Crippen molar-refractivity contribution in [3.05, 3.63) is 48.0 Å². The second-order valence-electron chi connectivity index (χ2n) is 7.22. The number of hydrogen-bond donors (Lipinski definition) is 1. The molecular formula is C19H25BN2O3. The van der Waals surface area contributed by atoms with E-state index in [1.807, 2.05) is 58.0 Å². The lowest BCUT2D eigenvalue weighted by Crippen LogP contribution is -2.41. The highest BCUT2D eigenvalue weighted by Crippen LogP contribution is 2.37. The fourth-order valence-electron chi connectivity index (χ4n) is 2.65. The number of anilines is 1. The van der Waals surface area contributed by atoms with Gasteiger partial charge in [0.25, 0.3) is 0 Å². The number of benzene rings is 1. The summed E-state index contributed by atoms with van der Waals surface area (Å²) in [5.74, 6) is 1.26. The van der Waals surface area contributed by atoms with Gasteiger partial charge >= 0.3 is 7.12 Å². The summed E-state index contributed by atoms with van der Waals surface area (Å²) in [4.78, 5) is 4.55. The Kier molecular flexibility index (Phi) is 4.76. The van der Waals surface area contributed by atoms with Gasteiger partial charge in [-0.3, -0.25) is 0 Å². The maximum absolute atomic E-state index is 6.10. The van der Waals surface area contributed by atoms with E-state index in [-0.39, 0.29) is 0 Å². The van der Waals surface area contributed by atoms with Gasteiger partial charge in [0.1, 0.15) is 5.82 Å². The normalized spacial score (nSPS) is 18.2. The predicted molar refractivity (Wildman–Crippen MR) is 100 cm³/mol. The van der Waals surface area contributed by atoms with Crippen molar-refractivity contribution in [2.45, 2.75) is 45.4 Å². The maximum atomic E-state index is 6.10. The molecule has 0 aliphatic carbocycles. The van der Waals surface area contributed by atoms with Gasteiger partial charge in [-0.2, -0.15) is 4.98 Å². The average Bonchev–Trinajstić information content (AvgIpc) is 2.81. The molecule has 0 amide bonds. The smallest absolute Gasteiger partial charge is 0.481 e. The molecule has 2 aromatic rings. The number of aromatic nitrogens is 1. The van der Waals surface area contributed by atoms with Crippen molar-refractivity contribution in [1.82, 2.24) is 4.98 Å². The lowest BCUT2D eigenvalue weighted by Gasteiger charge is -2.32. The Morgan fingerprint density at radius 3 is 2.24 bits per heavy atom. The van der Waals surface area contributed by atoms with Crippen molar-refractivity contribution in [3.8, 4) is 5.88 Å². The molecule has 1 aliphatic heterocycles. The molecule has 6 heteroatoms. The molecule has 25 heavy (non-hydrogen) atoms. The SMILES string of the molecule is COc1nc(NCc2ccccc2)ccc1B1OC(C)(C)C(C)(C)O1. The minimum atomic E-state index is -0.490. The third kappa shape index (κ3) is 3.65. The molecule has 0 atom stereocenters. The second-order valence-corrected chi connectivity index (χ2v) is 7.22. The largest absolute Gasteiger partial charge is 0.500 e. The van der Waals surface area contributed by atoms with Crippen molar-refractivity contribution >= 4 is 18.4 Å². The van der Waals surface area contributed by atoms with Crippen LogP contribution < -0.4 is 15.5 Å². The summed E-state index contributed by atoms with van der Waals surface area (Å²) in [6, 6.07) is 14.1. The van der Waals surface area contributed by atoms with Gasteiger partial charge in [0.05, 0.1) is 18.3 Å². The van der Waals surface area contributed by atoms with Gasteiger partial charge in [0.15, 0.2) is 0 Å². The zero-order valence-corrected chi connectivity index (χ0v) is 15.5. The van der Waals surface area contributed by atoms with Crippen LogP contribution in [0.4, 0.5) is 5.82 Å². The van der Waals surface area contributed by atoms with Gasteiger partial charge in [0.2, 0.25) is 5.88 Å². The molecule has 132 valence electrons. The molecule has 3 rings (SSSR count). The van der Waals surface area contributed by atoms with Gasteiger partial charge in [0, 0.05) is 12.0 Å². The van der Waals surface area contributed by atoms with Crippen LogP contribution in [-0.2, 0) is 15.9 Å². The molecular weight excluding hydrogens is 315 g/mol. The van der Waals surface area contributed by atoms with Crippen molar-refractivity contribution < 1.29 is 14.0 Å². The molecule has 5 nitrogen and oxygen atoms in total. The molecule has 2 heterocycles. The molecule has 1 saturated heterocycles. The molecule has 1 aromatic heterocycles. The summed E-state index contributed by atoms with van der Waals surface area (Å²) in [5.41, 5.74) is 1.20. The average molecular weight is 340 g/mol. The molecule has 1 aromatic carbocycles. The Balaban J connectivity index is 1.76. The Hall–Kier alpha value is -2.05. The Labute approximate surface area is 149 Å². The highest BCUT2D eigenvalue weighted by molar-refractivity contribution is 6.63. The number of methoxy groups -OCH3 is 1. The monoisotopic (exact) mass is 340 g/mol. The molecule has 1 fully saturated rings. The third-order valence-electron chi connectivity index (χ3n) is 4.91. The van der Waals surface area contributed by atoms with E-state index in [0.29, 0.717) is 12.4 Å². The van der Waals surface area contributed by atoms with Gasteiger partial charge in [-0.15, -0.1) is 0 Å². The summed E-state index contributed by atoms with van der Waals surface area (Å²) in [6.45, 7) is 8.82. The van der Waals surface area contributed by atoms with E-state index in [2.05, 4.69) is 22.4 Å². The lowest BCUT2D eigenvalue weighted by atomic mass is 9.79. The molecule has 0 unspecified atom stereocenters. The van der Waals surface area contributed by atoms with E-state index in [1.54, 1.807) is 7.11 Å². The molecule has 0 bridgehead atoms. The Morgan fingerprint density at radius 1 is 1.00 bits per heavy atom. The second kappa shape index (κ2) is 6.69. The standard InChI is InChI=1S/C19H25BN2O3/c1-18(2)19(3,4)25-20(24-18)15-11-12-16(22-17(15)23-5)21-13-14-9-7-6-8-10-14/h6-12H,13H2,1-5H3,(H,21,22).